The lowest BCUT2D eigenvalue weighted by molar-refractivity contribution is -0.129. The van der Waals surface area contributed by atoms with Crippen LogP contribution in [-0.4, -0.2) is 65.0 Å². The molecule has 0 unspecified atom stereocenters. The third-order valence-electron chi connectivity index (χ3n) is 9.94. The minimum atomic E-state index is 0.132. The van der Waals surface area contributed by atoms with Crippen molar-refractivity contribution in [2.75, 3.05) is 44.3 Å². The van der Waals surface area contributed by atoms with E-state index in [0.717, 1.165) is 87.9 Å². The summed E-state index contributed by atoms with van der Waals surface area (Å²) in [5.41, 5.74) is 8.63. The standard InChI is InChI=1S/C34H44N6O2/c1-24(41)38-18-12-32-30(23-38)34(37-40(32)29-13-19-42-20-14-29)39-17-2-3-28-21-31(36-22-33(28)39)27-8-6-25(7-9-27)4-5-26-10-15-35-16-11-26/h6-9,21-22,26,29,35H,2-5,10-20,23H2,1H3. The molecule has 1 amide bonds. The molecule has 4 aliphatic rings. The Labute approximate surface area is 249 Å². The number of hydrogen-bond acceptors (Lipinski definition) is 6. The molecule has 222 valence electrons. The van der Waals surface area contributed by atoms with Gasteiger partial charge in [0.2, 0.25) is 5.91 Å². The van der Waals surface area contributed by atoms with Crippen LogP contribution in [0.5, 0.6) is 0 Å². The number of amides is 1. The summed E-state index contributed by atoms with van der Waals surface area (Å²) in [4.78, 5) is 21.7. The number of benzene rings is 1. The average Bonchev–Trinajstić information content (AvgIpc) is 3.43. The normalized spacial score (nSPS) is 19.9. The molecule has 7 rings (SSSR count). The van der Waals surface area contributed by atoms with E-state index in [1.165, 1.54) is 60.3 Å². The molecule has 8 nitrogen and oxygen atoms in total. The van der Waals surface area contributed by atoms with E-state index in [9.17, 15) is 4.79 Å². The quantitative estimate of drug-likeness (QED) is 0.440. The SMILES string of the molecule is CC(=O)N1CCc2c(c(N3CCCc4cc(-c5ccc(CCC6CCNCC6)cc5)ncc43)nn2C2CCOCC2)C1. The first kappa shape index (κ1) is 27.6. The Morgan fingerprint density at radius 2 is 1.86 bits per heavy atom. The number of rotatable bonds is 6. The lowest BCUT2D eigenvalue weighted by atomic mass is 9.91. The number of fused-ring (bicyclic) bond motifs is 2. The summed E-state index contributed by atoms with van der Waals surface area (Å²) in [6, 6.07) is 11.7. The van der Waals surface area contributed by atoms with Crippen LogP contribution in [0.1, 0.15) is 73.9 Å². The van der Waals surface area contributed by atoms with E-state index >= 15 is 0 Å². The zero-order valence-electron chi connectivity index (χ0n) is 25.0. The lowest BCUT2D eigenvalue weighted by Gasteiger charge is -2.32. The van der Waals surface area contributed by atoms with Crippen LogP contribution < -0.4 is 10.2 Å². The van der Waals surface area contributed by atoms with E-state index < -0.39 is 0 Å². The lowest BCUT2D eigenvalue weighted by Crippen LogP contribution is -2.36. The minimum absolute atomic E-state index is 0.132. The van der Waals surface area contributed by atoms with Gasteiger partial charge in [-0.3, -0.25) is 14.5 Å². The molecule has 2 saturated heterocycles. The number of ether oxygens (including phenoxy) is 1. The van der Waals surface area contributed by atoms with E-state index in [0.29, 0.717) is 12.6 Å². The number of aryl methyl sites for hydroxylation is 2. The number of aromatic nitrogens is 3. The fraction of sp³-hybridized carbons (Fsp3) is 0.559. The number of pyridine rings is 1. The van der Waals surface area contributed by atoms with Crippen LogP contribution in [0.2, 0.25) is 0 Å². The maximum Gasteiger partial charge on any atom is 0.219 e. The van der Waals surface area contributed by atoms with Gasteiger partial charge in [0, 0.05) is 56.5 Å². The average molecular weight is 569 g/mol. The fourth-order valence-electron chi connectivity index (χ4n) is 7.39. The molecule has 0 atom stereocenters. The highest BCUT2D eigenvalue weighted by Gasteiger charge is 2.33. The Morgan fingerprint density at radius 1 is 1.05 bits per heavy atom. The molecular formula is C34H44N6O2. The largest absolute Gasteiger partial charge is 0.381 e. The Hall–Kier alpha value is -3.23. The predicted octanol–water partition coefficient (Wildman–Crippen LogP) is 5.22. The van der Waals surface area contributed by atoms with Crippen molar-refractivity contribution in [2.45, 2.75) is 77.3 Å². The summed E-state index contributed by atoms with van der Waals surface area (Å²) in [6.45, 7) is 7.89. The minimum Gasteiger partial charge on any atom is -0.381 e. The summed E-state index contributed by atoms with van der Waals surface area (Å²) >= 11 is 0. The van der Waals surface area contributed by atoms with Crippen molar-refractivity contribution >= 4 is 17.4 Å². The number of nitrogens with one attached hydrogen (secondary N) is 1. The van der Waals surface area contributed by atoms with Crippen molar-refractivity contribution in [1.82, 2.24) is 25.0 Å². The molecule has 2 fully saturated rings. The predicted molar refractivity (Wildman–Crippen MR) is 165 cm³/mol. The van der Waals surface area contributed by atoms with Crippen molar-refractivity contribution in [3.05, 3.63) is 58.9 Å². The fourth-order valence-corrected chi connectivity index (χ4v) is 7.39. The molecule has 0 spiro atoms. The van der Waals surface area contributed by atoms with Gasteiger partial charge < -0.3 is 19.9 Å². The molecular weight excluding hydrogens is 524 g/mol. The van der Waals surface area contributed by atoms with Crippen LogP contribution >= 0.6 is 0 Å². The van der Waals surface area contributed by atoms with Crippen molar-refractivity contribution in [3.8, 4) is 11.3 Å². The molecule has 0 saturated carbocycles. The maximum absolute atomic E-state index is 12.4. The molecule has 6 heterocycles. The van der Waals surface area contributed by atoms with Gasteiger partial charge in [0.1, 0.15) is 0 Å². The Morgan fingerprint density at radius 3 is 2.64 bits per heavy atom. The molecule has 2 aromatic heterocycles. The van der Waals surface area contributed by atoms with E-state index in [4.69, 9.17) is 14.8 Å². The van der Waals surface area contributed by atoms with Gasteiger partial charge in [0.05, 0.1) is 30.2 Å². The molecule has 0 aliphatic carbocycles. The molecule has 0 bridgehead atoms. The van der Waals surface area contributed by atoms with Crippen molar-refractivity contribution < 1.29 is 9.53 Å². The second-order valence-corrected chi connectivity index (χ2v) is 12.6. The molecule has 3 aromatic rings. The van der Waals surface area contributed by atoms with E-state index in [2.05, 4.69) is 51.4 Å². The highest BCUT2D eigenvalue weighted by Crippen LogP contribution is 2.40. The van der Waals surface area contributed by atoms with Crippen LogP contribution in [0.25, 0.3) is 11.3 Å². The number of piperidine rings is 1. The molecule has 42 heavy (non-hydrogen) atoms. The third kappa shape index (κ3) is 5.59. The first-order valence-corrected chi connectivity index (χ1v) is 16.1. The number of anilines is 2. The summed E-state index contributed by atoms with van der Waals surface area (Å²) in [6.07, 6.45) is 12.1. The molecule has 8 heteroatoms. The van der Waals surface area contributed by atoms with Crippen LogP contribution in [0, 0.1) is 5.92 Å². The highest BCUT2D eigenvalue weighted by molar-refractivity contribution is 5.75. The number of carbonyl (C=O) groups is 1. The Balaban J connectivity index is 1.14. The van der Waals surface area contributed by atoms with Crippen molar-refractivity contribution in [1.29, 1.82) is 0 Å². The van der Waals surface area contributed by atoms with Gasteiger partial charge in [-0.05, 0) is 87.6 Å². The van der Waals surface area contributed by atoms with Gasteiger partial charge in [-0.1, -0.05) is 24.3 Å². The molecule has 1 aromatic carbocycles. The van der Waals surface area contributed by atoms with Gasteiger partial charge in [-0.2, -0.15) is 5.10 Å². The zero-order valence-corrected chi connectivity index (χ0v) is 25.0. The zero-order chi connectivity index (χ0) is 28.5. The van der Waals surface area contributed by atoms with Gasteiger partial charge in [0.25, 0.3) is 0 Å². The highest BCUT2D eigenvalue weighted by atomic mass is 16.5. The summed E-state index contributed by atoms with van der Waals surface area (Å²) in [5.74, 6) is 2.00. The summed E-state index contributed by atoms with van der Waals surface area (Å²) in [5, 5.41) is 8.76. The number of hydrogen-bond donors (Lipinski definition) is 1. The topological polar surface area (TPSA) is 75.5 Å². The van der Waals surface area contributed by atoms with E-state index in [-0.39, 0.29) is 5.91 Å². The number of nitrogens with zero attached hydrogens (tertiary/aromatic N) is 5. The Kier molecular flexibility index (Phi) is 8.00. The van der Waals surface area contributed by atoms with Gasteiger partial charge in [-0.25, -0.2) is 0 Å². The van der Waals surface area contributed by atoms with Crippen LogP contribution in [0.15, 0.2) is 36.5 Å². The van der Waals surface area contributed by atoms with Crippen molar-refractivity contribution in [2.24, 2.45) is 5.92 Å². The van der Waals surface area contributed by atoms with Crippen LogP contribution in [-0.2, 0) is 35.3 Å². The monoisotopic (exact) mass is 568 g/mol. The van der Waals surface area contributed by atoms with Gasteiger partial charge >= 0.3 is 0 Å². The summed E-state index contributed by atoms with van der Waals surface area (Å²) < 4.78 is 7.95. The third-order valence-corrected chi connectivity index (χ3v) is 9.94. The Bertz CT molecular complexity index is 1400. The second-order valence-electron chi connectivity index (χ2n) is 12.6. The summed E-state index contributed by atoms with van der Waals surface area (Å²) in [7, 11) is 0. The van der Waals surface area contributed by atoms with Crippen molar-refractivity contribution in [3.63, 3.8) is 0 Å². The number of carbonyl (C=O) groups excluding carboxylic acids is 1. The van der Waals surface area contributed by atoms with E-state index in [1.807, 2.05) is 4.90 Å². The first-order chi connectivity index (χ1) is 20.6. The molecule has 0 radical (unpaired) electrons. The molecule has 4 aliphatic heterocycles. The second kappa shape index (κ2) is 12.2. The smallest absolute Gasteiger partial charge is 0.219 e. The van der Waals surface area contributed by atoms with Gasteiger partial charge in [0.15, 0.2) is 5.82 Å². The molecule has 1 N–H and O–H groups in total. The van der Waals surface area contributed by atoms with Crippen LogP contribution in [0.3, 0.4) is 0 Å². The van der Waals surface area contributed by atoms with E-state index in [1.54, 1.807) is 6.92 Å². The van der Waals surface area contributed by atoms with Gasteiger partial charge in [-0.15, -0.1) is 0 Å². The van der Waals surface area contributed by atoms with Crippen LogP contribution in [0.4, 0.5) is 11.5 Å². The maximum atomic E-state index is 12.4. The first-order valence-electron chi connectivity index (χ1n) is 16.1.